The van der Waals surface area contributed by atoms with Crippen LogP contribution in [0.3, 0.4) is 0 Å². The second-order valence-electron chi connectivity index (χ2n) is 6.02. The Bertz CT molecular complexity index is 580. The maximum absolute atomic E-state index is 4.81. The first kappa shape index (κ1) is 16.5. The molecule has 0 saturated heterocycles. The third kappa shape index (κ3) is 4.31. The lowest BCUT2D eigenvalue weighted by Crippen LogP contribution is -2.13. The number of hydrogen-bond acceptors (Lipinski definition) is 4. The molecule has 21 heavy (non-hydrogen) atoms. The van der Waals surface area contributed by atoms with Crippen LogP contribution >= 0.6 is 23.3 Å². The number of aromatic nitrogens is 1. The molecular formula is C17H24N2S2. The van der Waals surface area contributed by atoms with Gasteiger partial charge in [0.2, 0.25) is 0 Å². The molecule has 0 radical (unpaired) electrons. The van der Waals surface area contributed by atoms with Gasteiger partial charge >= 0.3 is 0 Å². The van der Waals surface area contributed by atoms with Gasteiger partial charge in [0.15, 0.2) is 0 Å². The van der Waals surface area contributed by atoms with Crippen molar-refractivity contribution < 1.29 is 0 Å². The summed E-state index contributed by atoms with van der Waals surface area (Å²) in [5.41, 5.74) is 2.42. The van der Waals surface area contributed by atoms with Crippen molar-refractivity contribution in [1.29, 1.82) is 0 Å². The number of hydrogen-bond donors (Lipinski definition) is 0. The van der Waals surface area contributed by atoms with Crippen LogP contribution in [0.15, 0.2) is 34.5 Å². The molecule has 1 aromatic carbocycles. The van der Waals surface area contributed by atoms with Gasteiger partial charge in [0.25, 0.3) is 0 Å². The van der Waals surface area contributed by atoms with Crippen LogP contribution in [0, 0.1) is 0 Å². The Kier molecular flexibility index (Phi) is 5.47. The van der Waals surface area contributed by atoms with Crippen molar-refractivity contribution in [2.24, 2.45) is 0 Å². The second kappa shape index (κ2) is 6.95. The molecule has 0 saturated carbocycles. The Hall–Kier alpha value is -0.840. The summed E-state index contributed by atoms with van der Waals surface area (Å²) in [6, 6.07) is 8.68. The van der Waals surface area contributed by atoms with Gasteiger partial charge in [0.1, 0.15) is 0 Å². The predicted octanol–water partition coefficient (Wildman–Crippen LogP) is 5.46. The third-order valence-corrected chi connectivity index (χ3v) is 5.72. The van der Waals surface area contributed by atoms with E-state index in [0.29, 0.717) is 0 Å². The van der Waals surface area contributed by atoms with Crippen LogP contribution in [0.1, 0.15) is 39.6 Å². The third-order valence-electron chi connectivity index (χ3n) is 3.22. The Morgan fingerprint density at radius 2 is 1.90 bits per heavy atom. The highest BCUT2D eigenvalue weighted by Gasteiger charge is 2.18. The van der Waals surface area contributed by atoms with Gasteiger partial charge in [-0.05, 0) is 24.1 Å². The van der Waals surface area contributed by atoms with Crippen LogP contribution in [0.5, 0.6) is 0 Å². The molecule has 0 atom stereocenters. The van der Waals surface area contributed by atoms with E-state index in [1.165, 1.54) is 15.5 Å². The summed E-state index contributed by atoms with van der Waals surface area (Å²) in [4.78, 5) is 6.09. The minimum atomic E-state index is 0.122. The number of thiazole rings is 1. The summed E-state index contributed by atoms with van der Waals surface area (Å²) in [6.45, 7) is 13.1. The fourth-order valence-corrected chi connectivity index (χ4v) is 3.76. The lowest BCUT2D eigenvalue weighted by molar-refractivity contribution is 0.525. The monoisotopic (exact) mass is 320 g/mol. The largest absolute Gasteiger partial charge is 0.247 e. The molecule has 1 aromatic heterocycles. The quantitative estimate of drug-likeness (QED) is 0.681. The Morgan fingerprint density at radius 1 is 1.19 bits per heavy atom. The highest BCUT2D eigenvalue weighted by atomic mass is 32.2. The van der Waals surface area contributed by atoms with E-state index in [1.54, 1.807) is 11.3 Å². The summed E-state index contributed by atoms with van der Waals surface area (Å²) >= 11 is 3.57. The SMILES string of the molecule is CCN(CC)Sc1cccc(-c2csc(C(C)(C)C)n2)c1. The maximum atomic E-state index is 4.81. The molecule has 2 nitrogen and oxygen atoms in total. The number of benzene rings is 1. The second-order valence-corrected chi connectivity index (χ2v) is 8.05. The van der Waals surface area contributed by atoms with E-state index >= 15 is 0 Å². The topological polar surface area (TPSA) is 16.1 Å². The molecule has 0 aliphatic rings. The smallest absolute Gasteiger partial charge is 0.0986 e. The molecule has 0 aliphatic carbocycles. The minimum absolute atomic E-state index is 0.122. The molecule has 0 unspecified atom stereocenters. The van der Waals surface area contributed by atoms with Crippen LogP contribution in [0.4, 0.5) is 0 Å². The summed E-state index contributed by atoms with van der Waals surface area (Å²) in [5, 5.41) is 3.36. The molecule has 4 heteroatoms. The average molecular weight is 321 g/mol. The first-order valence-electron chi connectivity index (χ1n) is 7.43. The molecule has 0 aliphatic heterocycles. The normalized spacial score (nSPS) is 12.1. The van der Waals surface area contributed by atoms with Gasteiger partial charge in [-0.3, -0.25) is 0 Å². The highest BCUT2D eigenvalue weighted by molar-refractivity contribution is 7.97. The first-order valence-corrected chi connectivity index (χ1v) is 9.08. The van der Waals surface area contributed by atoms with Crippen molar-refractivity contribution in [1.82, 2.24) is 9.29 Å². The van der Waals surface area contributed by atoms with Crippen molar-refractivity contribution >= 4 is 23.3 Å². The standard InChI is InChI=1S/C17H24N2S2/c1-6-19(7-2)21-14-10-8-9-13(11-14)15-12-20-16(18-15)17(3,4)5/h8-12H,6-7H2,1-5H3. The van der Waals surface area contributed by atoms with Crippen molar-refractivity contribution in [3.05, 3.63) is 34.7 Å². The van der Waals surface area contributed by atoms with Crippen molar-refractivity contribution in [3.63, 3.8) is 0 Å². The summed E-state index contributed by atoms with van der Waals surface area (Å²) in [6.07, 6.45) is 0. The minimum Gasteiger partial charge on any atom is -0.247 e. The maximum Gasteiger partial charge on any atom is 0.0986 e. The van der Waals surface area contributed by atoms with Crippen LogP contribution in [0.2, 0.25) is 0 Å². The average Bonchev–Trinajstić information content (AvgIpc) is 2.95. The molecule has 0 spiro atoms. The van der Waals surface area contributed by atoms with Crippen molar-refractivity contribution in [2.75, 3.05) is 13.1 Å². The summed E-state index contributed by atoms with van der Waals surface area (Å²) < 4.78 is 2.35. The van der Waals surface area contributed by atoms with Crippen LogP contribution < -0.4 is 0 Å². The molecule has 0 N–H and O–H groups in total. The van der Waals surface area contributed by atoms with Gasteiger partial charge in [0.05, 0.1) is 10.7 Å². The molecule has 0 fully saturated rings. The van der Waals surface area contributed by atoms with E-state index in [4.69, 9.17) is 4.98 Å². The zero-order chi connectivity index (χ0) is 15.5. The molecule has 1 heterocycles. The zero-order valence-electron chi connectivity index (χ0n) is 13.5. The fourth-order valence-electron chi connectivity index (χ4n) is 1.96. The Labute approximate surface area is 136 Å². The van der Waals surface area contributed by atoms with E-state index in [9.17, 15) is 0 Å². The number of nitrogens with zero attached hydrogens (tertiary/aromatic N) is 2. The molecule has 0 bridgehead atoms. The van der Waals surface area contributed by atoms with E-state index in [0.717, 1.165) is 18.8 Å². The molecular weight excluding hydrogens is 296 g/mol. The lowest BCUT2D eigenvalue weighted by Gasteiger charge is -2.16. The van der Waals surface area contributed by atoms with E-state index in [2.05, 4.69) is 68.6 Å². The Morgan fingerprint density at radius 3 is 2.48 bits per heavy atom. The van der Waals surface area contributed by atoms with Gasteiger partial charge < -0.3 is 0 Å². The van der Waals surface area contributed by atoms with Gasteiger partial charge in [-0.1, -0.05) is 46.8 Å². The zero-order valence-corrected chi connectivity index (χ0v) is 15.1. The van der Waals surface area contributed by atoms with Gasteiger partial charge in [-0.15, -0.1) is 11.3 Å². The molecule has 2 aromatic rings. The van der Waals surface area contributed by atoms with Crippen LogP contribution in [0.25, 0.3) is 11.3 Å². The summed E-state index contributed by atoms with van der Waals surface area (Å²) in [5.74, 6) is 0. The van der Waals surface area contributed by atoms with E-state index in [1.807, 2.05) is 11.9 Å². The molecule has 114 valence electrons. The van der Waals surface area contributed by atoms with Gasteiger partial charge in [-0.2, -0.15) is 0 Å². The van der Waals surface area contributed by atoms with Crippen molar-refractivity contribution in [2.45, 2.75) is 44.9 Å². The fraction of sp³-hybridized carbons (Fsp3) is 0.471. The molecule has 2 rings (SSSR count). The summed E-state index contributed by atoms with van der Waals surface area (Å²) in [7, 11) is 0. The van der Waals surface area contributed by atoms with E-state index < -0.39 is 0 Å². The van der Waals surface area contributed by atoms with Crippen LogP contribution in [-0.4, -0.2) is 22.4 Å². The van der Waals surface area contributed by atoms with Gasteiger partial charge in [-0.25, -0.2) is 9.29 Å². The highest BCUT2D eigenvalue weighted by Crippen LogP contribution is 2.32. The molecule has 0 amide bonds. The van der Waals surface area contributed by atoms with Crippen molar-refractivity contribution in [3.8, 4) is 11.3 Å². The number of rotatable bonds is 5. The first-order chi connectivity index (χ1) is 9.94. The van der Waals surface area contributed by atoms with Crippen LogP contribution in [-0.2, 0) is 5.41 Å². The Balaban J connectivity index is 2.23. The predicted molar refractivity (Wildman–Crippen MR) is 95.0 cm³/mol. The lowest BCUT2D eigenvalue weighted by atomic mass is 9.98. The van der Waals surface area contributed by atoms with E-state index in [-0.39, 0.29) is 5.41 Å². The van der Waals surface area contributed by atoms with Gasteiger partial charge in [0, 0.05) is 34.3 Å².